The molecule has 1 heterocycles. The van der Waals surface area contributed by atoms with Gasteiger partial charge in [-0.1, -0.05) is 164 Å². The average Bonchev–Trinajstić information content (AvgIpc) is 3.67. The van der Waals surface area contributed by atoms with E-state index >= 15 is 0 Å². The summed E-state index contributed by atoms with van der Waals surface area (Å²) in [5.74, 6) is 0.779. The summed E-state index contributed by atoms with van der Waals surface area (Å²) in [7, 11) is 0. The molecule has 0 fully saturated rings. The van der Waals surface area contributed by atoms with Crippen molar-refractivity contribution in [2.45, 2.75) is 0 Å². The molecule has 0 aliphatic carbocycles. The molecule has 0 spiro atoms. The first-order chi connectivity index (χ1) is 29.0. The summed E-state index contributed by atoms with van der Waals surface area (Å²) in [4.78, 5) is 5.12. The molecule has 9 aromatic carbocycles. The number of hydrogen-bond acceptors (Lipinski definition) is 1. The van der Waals surface area contributed by atoms with Crippen LogP contribution in [0, 0.1) is 0 Å². The van der Waals surface area contributed by atoms with E-state index in [-0.39, 0.29) is 47.4 Å². The van der Waals surface area contributed by atoms with Crippen molar-refractivity contribution in [3.63, 3.8) is 0 Å². The van der Waals surface area contributed by atoms with Crippen molar-refractivity contribution in [1.29, 1.82) is 0 Å². The van der Waals surface area contributed by atoms with Crippen molar-refractivity contribution in [1.82, 2.24) is 9.55 Å². The predicted octanol–water partition coefficient (Wildman–Crippen LogP) is 13.2. The third kappa shape index (κ3) is 4.92. The fourth-order valence-electron chi connectivity index (χ4n) is 7.32. The van der Waals surface area contributed by atoms with Crippen LogP contribution in [0.3, 0.4) is 0 Å². The average molecular weight is 658 g/mol. The molecule has 238 valence electrons. The molecule has 0 N–H and O–H groups in total. The van der Waals surface area contributed by atoms with Crippen molar-refractivity contribution in [3.05, 3.63) is 194 Å². The smallest absolute Gasteiger partial charge is 0.145 e. The number of imidazole rings is 1. The molecule has 0 amide bonds. The van der Waals surface area contributed by atoms with Gasteiger partial charge in [-0.3, -0.25) is 4.57 Å². The molecule has 0 atom stereocenters. The summed E-state index contributed by atoms with van der Waals surface area (Å²) in [5, 5.41) is 5.03. The lowest BCUT2D eigenvalue weighted by Crippen LogP contribution is -1.98. The van der Waals surface area contributed by atoms with Gasteiger partial charge >= 0.3 is 0 Å². The molecule has 0 saturated carbocycles. The van der Waals surface area contributed by atoms with Gasteiger partial charge in [-0.15, -0.1) is 0 Å². The molecule has 0 bridgehead atoms. The lowest BCUT2D eigenvalue weighted by molar-refractivity contribution is 1.11. The lowest BCUT2D eigenvalue weighted by atomic mass is 9.84. The molecule has 10 rings (SSSR count). The van der Waals surface area contributed by atoms with Gasteiger partial charge in [-0.2, -0.15) is 0 Å². The van der Waals surface area contributed by atoms with Gasteiger partial charge in [-0.05, 0) is 96.0 Å². The van der Waals surface area contributed by atoms with E-state index in [4.69, 9.17) is 17.3 Å². The van der Waals surface area contributed by atoms with Crippen LogP contribution in [0.4, 0.5) is 0 Å². The number of benzene rings is 9. The fourth-order valence-corrected chi connectivity index (χ4v) is 7.32. The van der Waals surface area contributed by atoms with Crippen molar-refractivity contribution in [2.24, 2.45) is 0 Å². The first kappa shape index (κ1) is 21.3. The Morgan fingerprint density at radius 2 is 1.04 bits per heavy atom. The summed E-state index contributed by atoms with van der Waals surface area (Å²) < 4.78 is 79.4. The summed E-state index contributed by atoms with van der Waals surface area (Å²) in [6.07, 6.45) is 0. The second kappa shape index (κ2) is 12.0. The highest BCUT2D eigenvalue weighted by molar-refractivity contribution is 6.22. The van der Waals surface area contributed by atoms with E-state index in [9.17, 15) is 0 Å². The SMILES string of the molecule is [2H]c1cc(-c2ccc3c(-c4ccc(-c5nc6ccccc6n5-c5ccc6ccccc6c5)cc4)c4ccccc4c(-c4c([2H])c([2H])c([2H])c([2H])c4[2H])c3c2)c([2H])c([2H])c1[2H]. The molecule has 2 heteroatoms. The first-order valence-electron chi connectivity index (χ1n) is 21.2. The summed E-state index contributed by atoms with van der Waals surface area (Å²) >= 11 is 0. The zero-order valence-corrected chi connectivity index (χ0v) is 27.2. The van der Waals surface area contributed by atoms with Crippen molar-refractivity contribution < 1.29 is 12.3 Å². The minimum atomic E-state index is -0.491. The van der Waals surface area contributed by atoms with E-state index in [1.54, 1.807) is 6.07 Å². The lowest BCUT2D eigenvalue weighted by Gasteiger charge is -2.19. The summed E-state index contributed by atoms with van der Waals surface area (Å²) in [6, 6.07) is 42.3. The second-order valence-electron chi connectivity index (χ2n) is 12.5. The number of nitrogens with zero attached hydrogens (tertiary/aromatic N) is 2. The molecule has 51 heavy (non-hydrogen) atoms. The van der Waals surface area contributed by atoms with Gasteiger partial charge in [0.2, 0.25) is 0 Å². The Labute approximate surface area is 309 Å². The zero-order chi connectivity index (χ0) is 41.6. The molecule has 0 radical (unpaired) electrons. The number of para-hydroxylation sites is 2. The van der Waals surface area contributed by atoms with Crippen LogP contribution < -0.4 is 0 Å². The van der Waals surface area contributed by atoms with Crippen LogP contribution in [-0.2, 0) is 0 Å². The van der Waals surface area contributed by atoms with Gasteiger partial charge in [0.05, 0.1) is 23.4 Å². The fraction of sp³-hybridized carbons (Fsp3) is 0. The molecule has 0 aliphatic heterocycles. The molecule has 2 nitrogen and oxygen atoms in total. The number of rotatable bonds is 5. The minimum absolute atomic E-state index is 0.0452. The highest BCUT2D eigenvalue weighted by atomic mass is 15.1. The van der Waals surface area contributed by atoms with E-state index in [1.165, 1.54) is 6.07 Å². The summed E-state index contributed by atoms with van der Waals surface area (Å²) in [6.45, 7) is 0. The largest absolute Gasteiger partial charge is 0.292 e. The van der Waals surface area contributed by atoms with Crippen LogP contribution in [0.1, 0.15) is 12.3 Å². The number of aromatic nitrogens is 2. The molecule has 0 saturated heterocycles. The van der Waals surface area contributed by atoms with E-state index in [0.717, 1.165) is 60.8 Å². The second-order valence-corrected chi connectivity index (χ2v) is 12.5. The third-order valence-electron chi connectivity index (χ3n) is 9.62. The Bertz CT molecular complexity index is 3400. The molecular formula is C49H32N2. The van der Waals surface area contributed by atoms with Gasteiger partial charge < -0.3 is 0 Å². The third-order valence-corrected chi connectivity index (χ3v) is 9.62. The standard InChI is InChI=1S/C49H32N2/c1-3-13-33(14-4-1)39-28-30-43-44(32-39)48(35-16-5-2-6-17-35)42-20-10-9-19-41(42)47(43)36-23-25-37(26-24-36)49-50-45-21-11-12-22-46(45)51(49)40-29-27-34-15-7-8-18-38(34)31-40/h1-32H/i1D,2D,3D,4D,5D,6D,13D,16D,17D. The Morgan fingerprint density at radius 3 is 1.86 bits per heavy atom. The highest BCUT2D eigenvalue weighted by Crippen LogP contribution is 2.45. The van der Waals surface area contributed by atoms with Crippen LogP contribution >= 0.6 is 0 Å². The molecular weight excluding hydrogens is 617 g/mol. The quantitative estimate of drug-likeness (QED) is 0.168. The Hall–Kier alpha value is -6.77. The van der Waals surface area contributed by atoms with E-state index in [0.29, 0.717) is 21.9 Å². The predicted molar refractivity (Wildman–Crippen MR) is 215 cm³/mol. The Morgan fingerprint density at radius 1 is 0.412 bits per heavy atom. The van der Waals surface area contributed by atoms with Gasteiger partial charge in [0, 0.05) is 11.3 Å². The first-order valence-corrected chi connectivity index (χ1v) is 16.7. The van der Waals surface area contributed by atoms with E-state index in [2.05, 4.69) is 41.0 Å². The Balaban J connectivity index is 1.23. The van der Waals surface area contributed by atoms with Crippen LogP contribution in [-0.4, -0.2) is 9.55 Å². The maximum atomic E-state index is 9.06. The van der Waals surface area contributed by atoms with Gasteiger partial charge in [-0.25, -0.2) is 4.98 Å². The zero-order valence-electron chi connectivity index (χ0n) is 36.2. The summed E-state index contributed by atoms with van der Waals surface area (Å²) in [5.41, 5.74) is 6.70. The van der Waals surface area contributed by atoms with E-state index in [1.807, 2.05) is 91.0 Å². The van der Waals surface area contributed by atoms with Gasteiger partial charge in [0.25, 0.3) is 0 Å². The van der Waals surface area contributed by atoms with Gasteiger partial charge in [0.1, 0.15) is 5.82 Å². The van der Waals surface area contributed by atoms with Crippen molar-refractivity contribution in [2.75, 3.05) is 0 Å². The minimum Gasteiger partial charge on any atom is -0.292 e. The molecule has 0 aliphatic rings. The maximum Gasteiger partial charge on any atom is 0.145 e. The topological polar surface area (TPSA) is 17.8 Å². The highest BCUT2D eigenvalue weighted by Gasteiger charge is 2.19. The van der Waals surface area contributed by atoms with Crippen LogP contribution in [0.25, 0.3) is 93.8 Å². The van der Waals surface area contributed by atoms with Crippen molar-refractivity contribution >= 4 is 43.4 Å². The molecule has 0 unspecified atom stereocenters. The molecule has 10 aromatic rings. The van der Waals surface area contributed by atoms with Crippen LogP contribution in [0.5, 0.6) is 0 Å². The monoisotopic (exact) mass is 657 g/mol. The Kier molecular flexibility index (Phi) is 5.01. The van der Waals surface area contributed by atoms with Gasteiger partial charge in [0.15, 0.2) is 0 Å². The molecule has 1 aromatic heterocycles. The van der Waals surface area contributed by atoms with Crippen LogP contribution in [0.15, 0.2) is 194 Å². The number of fused-ring (bicyclic) bond motifs is 4. The normalized spacial score (nSPS) is 14.0. The maximum absolute atomic E-state index is 9.06. The van der Waals surface area contributed by atoms with E-state index < -0.39 is 18.1 Å². The van der Waals surface area contributed by atoms with Crippen molar-refractivity contribution in [3.8, 4) is 50.5 Å². The van der Waals surface area contributed by atoms with Crippen LogP contribution in [0.2, 0.25) is 0 Å². The number of hydrogen-bond donors (Lipinski definition) is 0.